The van der Waals surface area contributed by atoms with E-state index >= 15 is 0 Å². The number of methoxy groups -OCH3 is 1. The number of carbonyl (C=O) groups excluding carboxylic acids is 1. The zero-order valence-electron chi connectivity index (χ0n) is 12.1. The Balaban J connectivity index is 2.02. The molecule has 0 bridgehead atoms. The van der Waals surface area contributed by atoms with Gasteiger partial charge in [-0.2, -0.15) is 0 Å². The highest BCUT2D eigenvalue weighted by atomic mass is 79.9. The number of rotatable bonds is 5. The van der Waals surface area contributed by atoms with Gasteiger partial charge in [0.05, 0.1) is 6.10 Å². The molecular formula is C17H18BrNO2. The highest BCUT2D eigenvalue weighted by Crippen LogP contribution is 2.19. The van der Waals surface area contributed by atoms with Crippen molar-refractivity contribution in [3.63, 3.8) is 0 Å². The number of nitrogens with one attached hydrogen (secondary N) is 1. The van der Waals surface area contributed by atoms with Crippen LogP contribution in [0.1, 0.15) is 27.6 Å². The fourth-order valence-electron chi connectivity index (χ4n) is 2.16. The number of carbonyl (C=O) groups is 1. The molecule has 21 heavy (non-hydrogen) atoms. The van der Waals surface area contributed by atoms with Crippen LogP contribution in [-0.4, -0.2) is 19.6 Å². The van der Waals surface area contributed by atoms with Crippen molar-refractivity contribution >= 4 is 21.8 Å². The van der Waals surface area contributed by atoms with Crippen LogP contribution in [0.3, 0.4) is 0 Å². The lowest BCUT2D eigenvalue weighted by Gasteiger charge is -2.18. The predicted molar refractivity (Wildman–Crippen MR) is 87.4 cm³/mol. The van der Waals surface area contributed by atoms with Gasteiger partial charge in [0.25, 0.3) is 5.91 Å². The van der Waals surface area contributed by atoms with Crippen molar-refractivity contribution in [3.05, 3.63) is 69.7 Å². The summed E-state index contributed by atoms with van der Waals surface area (Å²) in [5.74, 6) is -0.0989. The van der Waals surface area contributed by atoms with Gasteiger partial charge in [0.2, 0.25) is 0 Å². The van der Waals surface area contributed by atoms with Gasteiger partial charge in [-0.15, -0.1) is 0 Å². The van der Waals surface area contributed by atoms with Crippen LogP contribution in [0.2, 0.25) is 0 Å². The van der Waals surface area contributed by atoms with Crippen molar-refractivity contribution in [1.29, 1.82) is 0 Å². The Hall–Kier alpha value is -1.65. The molecule has 1 atom stereocenters. The Morgan fingerprint density at radius 3 is 2.48 bits per heavy atom. The van der Waals surface area contributed by atoms with Crippen LogP contribution in [0.15, 0.2) is 53.0 Å². The molecule has 3 nitrogen and oxygen atoms in total. The molecule has 4 heteroatoms. The van der Waals surface area contributed by atoms with E-state index in [1.807, 2.05) is 43.3 Å². The predicted octanol–water partition coefficient (Wildman–Crippen LogP) is 3.88. The molecule has 0 heterocycles. The number of halogens is 1. The van der Waals surface area contributed by atoms with E-state index in [4.69, 9.17) is 4.74 Å². The first kappa shape index (κ1) is 15.7. The minimum atomic E-state index is -0.148. The highest BCUT2D eigenvalue weighted by molar-refractivity contribution is 9.10. The van der Waals surface area contributed by atoms with Crippen LogP contribution < -0.4 is 5.32 Å². The second kappa shape index (κ2) is 7.38. The summed E-state index contributed by atoms with van der Waals surface area (Å²) in [4.78, 5) is 12.1. The molecule has 2 rings (SSSR count). The second-order valence-electron chi connectivity index (χ2n) is 4.80. The standard InChI is InChI=1S/C17H18BrNO2/c1-12-5-3-4-6-15(12)16(21-2)11-19-17(20)13-7-9-14(18)10-8-13/h3-10,16H,11H2,1-2H3,(H,19,20). The van der Waals surface area contributed by atoms with Crippen LogP contribution in [-0.2, 0) is 4.74 Å². The lowest BCUT2D eigenvalue weighted by molar-refractivity contribution is 0.0826. The fraction of sp³-hybridized carbons (Fsp3) is 0.235. The number of hydrogen-bond donors (Lipinski definition) is 1. The molecule has 1 N–H and O–H groups in total. The maximum Gasteiger partial charge on any atom is 0.251 e. The fourth-order valence-corrected chi connectivity index (χ4v) is 2.42. The van der Waals surface area contributed by atoms with Crippen molar-refractivity contribution in [3.8, 4) is 0 Å². The second-order valence-corrected chi connectivity index (χ2v) is 5.71. The summed E-state index contributed by atoms with van der Waals surface area (Å²) >= 11 is 3.35. The molecule has 2 aromatic carbocycles. The Labute approximate surface area is 133 Å². The Morgan fingerprint density at radius 2 is 1.86 bits per heavy atom. The van der Waals surface area contributed by atoms with E-state index < -0.39 is 0 Å². The van der Waals surface area contributed by atoms with E-state index in [2.05, 4.69) is 21.2 Å². The normalized spacial score (nSPS) is 12.0. The molecule has 0 spiro atoms. The van der Waals surface area contributed by atoms with Crippen molar-refractivity contribution in [2.75, 3.05) is 13.7 Å². The summed E-state index contributed by atoms with van der Waals surface area (Å²) in [5.41, 5.74) is 2.89. The number of aryl methyl sites for hydroxylation is 1. The van der Waals surface area contributed by atoms with Crippen LogP contribution >= 0.6 is 15.9 Å². The van der Waals surface area contributed by atoms with Gasteiger partial charge in [-0.1, -0.05) is 40.2 Å². The first-order valence-electron chi connectivity index (χ1n) is 6.74. The quantitative estimate of drug-likeness (QED) is 0.891. The third kappa shape index (κ3) is 4.16. The maximum atomic E-state index is 12.1. The molecule has 110 valence electrons. The molecule has 0 aliphatic heterocycles. The molecule has 1 unspecified atom stereocenters. The monoisotopic (exact) mass is 347 g/mol. The van der Waals surface area contributed by atoms with Crippen molar-refractivity contribution < 1.29 is 9.53 Å². The van der Waals surface area contributed by atoms with Gasteiger partial charge in [-0.3, -0.25) is 4.79 Å². The van der Waals surface area contributed by atoms with Gasteiger partial charge in [0.1, 0.15) is 0 Å². The molecule has 0 saturated carbocycles. The van der Waals surface area contributed by atoms with E-state index in [0.717, 1.165) is 15.6 Å². The molecule has 1 amide bonds. The van der Waals surface area contributed by atoms with Crippen molar-refractivity contribution in [1.82, 2.24) is 5.32 Å². The van der Waals surface area contributed by atoms with Crippen LogP contribution in [0.25, 0.3) is 0 Å². The van der Waals surface area contributed by atoms with Crippen LogP contribution in [0.5, 0.6) is 0 Å². The SMILES string of the molecule is COC(CNC(=O)c1ccc(Br)cc1)c1ccccc1C. The molecule has 0 aromatic heterocycles. The zero-order valence-corrected chi connectivity index (χ0v) is 13.7. The molecule has 0 aliphatic carbocycles. The Bertz CT molecular complexity index is 610. The Kier molecular flexibility index (Phi) is 5.53. The highest BCUT2D eigenvalue weighted by Gasteiger charge is 2.14. The van der Waals surface area contributed by atoms with Gasteiger partial charge in [-0.25, -0.2) is 0 Å². The molecule has 0 saturated heterocycles. The van der Waals surface area contributed by atoms with Gasteiger partial charge in [0.15, 0.2) is 0 Å². The first-order valence-corrected chi connectivity index (χ1v) is 7.53. The molecule has 2 aromatic rings. The summed E-state index contributed by atoms with van der Waals surface area (Å²) in [6.07, 6.45) is -0.148. The van der Waals surface area contributed by atoms with Gasteiger partial charge in [0, 0.05) is 23.7 Å². The summed E-state index contributed by atoms with van der Waals surface area (Å²) < 4.78 is 6.45. The molecule has 0 radical (unpaired) electrons. The largest absolute Gasteiger partial charge is 0.375 e. The number of ether oxygens (including phenoxy) is 1. The third-order valence-electron chi connectivity index (χ3n) is 3.37. The lowest BCUT2D eigenvalue weighted by atomic mass is 10.0. The Morgan fingerprint density at radius 1 is 1.19 bits per heavy atom. The number of amides is 1. The van der Waals surface area contributed by atoms with Crippen molar-refractivity contribution in [2.45, 2.75) is 13.0 Å². The van der Waals surface area contributed by atoms with Crippen LogP contribution in [0.4, 0.5) is 0 Å². The third-order valence-corrected chi connectivity index (χ3v) is 3.90. The van der Waals surface area contributed by atoms with Gasteiger partial charge in [-0.05, 0) is 42.3 Å². The summed E-state index contributed by atoms with van der Waals surface area (Å²) in [6, 6.07) is 15.3. The smallest absolute Gasteiger partial charge is 0.251 e. The topological polar surface area (TPSA) is 38.3 Å². The summed E-state index contributed by atoms with van der Waals surface area (Å²) in [5, 5.41) is 2.92. The number of hydrogen-bond acceptors (Lipinski definition) is 2. The summed E-state index contributed by atoms with van der Waals surface area (Å²) in [6.45, 7) is 2.48. The molecule has 0 fully saturated rings. The van der Waals surface area contributed by atoms with E-state index in [1.54, 1.807) is 19.2 Å². The lowest BCUT2D eigenvalue weighted by Crippen LogP contribution is -2.29. The summed E-state index contributed by atoms with van der Waals surface area (Å²) in [7, 11) is 1.66. The average Bonchev–Trinajstić information content (AvgIpc) is 2.50. The number of benzene rings is 2. The van der Waals surface area contributed by atoms with E-state index in [9.17, 15) is 4.79 Å². The average molecular weight is 348 g/mol. The zero-order chi connectivity index (χ0) is 15.2. The molecular weight excluding hydrogens is 330 g/mol. The van der Waals surface area contributed by atoms with Crippen molar-refractivity contribution in [2.24, 2.45) is 0 Å². The molecule has 0 aliphatic rings. The van der Waals surface area contributed by atoms with Gasteiger partial charge >= 0.3 is 0 Å². The van der Waals surface area contributed by atoms with Crippen LogP contribution in [0, 0.1) is 6.92 Å². The van der Waals surface area contributed by atoms with E-state index in [0.29, 0.717) is 12.1 Å². The van der Waals surface area contributed by atoms with E-state index in [1.165, 1.54) is 0 Å². The minimum absolute atomic E-state index is 0.0989. The first-order chi connectivity index (χ1) is 10.1. The van der Waals surface area contributed by atoms with Gasteiger partial charge < -0.3 is 10.1 Å². The van der Waals surface area contributed by atoms with E-state index in [-0.39, 0.29) is 12.0 Å². The maximum absolute atomic E-state index is 12.1. The minimum Gasteiger partial charge on any atom is -0.375 e.